The lowest BCUT2D eigenvalue weighted by Crippen LogP contribution is -2.39. The van der Waals surface area contributed by atoms with Gasteiger partial charge in [0.25, 0.3) is 5.91 Å². The number of hydrogen-bond donors (Lipinski definition) is 0. The van der Waals surface area contributed by atoms with Crippen molar-refractivity contribution in [1.82, 2.24) is 9.91 Å². The number of hydrogen-bond acceptors (Lipinski definition) is 5. The molecule has 6 nitrogen and oxygen atoms in total. The Morgan fingerprint density at radius 1 is 1.23 bits per heavy atom. The Morgan fingerprint density at radius 3 is 2.54 bits per heavy atom. The van der Waals surface area contributed by atoms with Gasteiger partial charge < -0.3 is 14.4 Å². The van der Waals surface area contributed by atoms with Gasteiger partial charge in [0.05, 0.1) is 12.8 Å². The molecule has 2 atom stereocenters. The summed E-state index contributed by atoms with van der Waals surface area (Å²) >= 11 is 0. The van der Waals surface area contributed by atoms with Crippen LogP contribution >= 0.6 is 0 Å². The first kappa shape index (κ1) is 20.1. The lowest BCUT2D eigenvalue weighted by molar-refractivity contribution is -0.130. The molecule has 6 heteroatoms. The Balaban J connectivity index is 2.11. The third kappa shape index (κ3) is 5.38. The first-order chi connectivity index (χ1) is 12.4. The summed E-state index contributed by atoms with van der Waals surface area (Å²) in [5, 5.41) is 6.88. The smallest absolute Gasteiger partial charge is 0.259 e. The molecule has 144 valence electrons. The molecular weight excluding hydrogens is 330 g/mol. The van der Waals surface area contributed by atoms with Gasteiger partial charge in [-0.2, -0.15) is 5.10 Å². The van der Waals surface area contributed by atoms with Crippen LogP contribution in [-0.4, -0.2) is 61.4 Å². The van der Waals surface area contributed by atoms with Crippen LogP contribution in [0.1, 0.15) is 45.6 Å². The second kappa shape index (κ2) is 9.46. The summed E-state index contributed by atoms with van der Waals surface area (Å²) in [5.74, 6) is 1.10. The Bertz CT molecular complexity index is 621. The molecule has 1 amide bonds. The van der Waals surface area contributed by atoms with Crippen molar-refractivity contribution in [2.45, 2.75) is 52.1 Å². The van der Waals surface area contributed by atoms with Crippen molar-refractivity contribution >= 4 is 12.1 Å². The number of likely N-dealkylation sites (N-methyl/N-ethyl adjacent to an activating group) is 1. The number of hydrazone groups is 1. The number of carbonyl (C=O) groups excluding carboxylic acids is 1. The maximum Gasteiger partial charge on any atom is 0.259 e. The molecule has 1 fully saturated rings. The van der Waals surface area contributed by atoms with Crippen LogP contribution < -0.4 is 9.47 Å². The summed E-state index contributed by atoms with van der Waals surface area (Å²) in [6.45, 7) is 6.88. The van der Waals surface area contributed by atoms with Gasteiger partial charge in [0.15, 0.2) is 18.1 Å². The van der Waals surface area contributed by atoms with Gasteiger partial charge in [-0.25, -0.2) is 0 Å². The minimum atomic E-state index is -0.0915. The number of carbonyl (C=O) groups is 1. The van der Waals surface area contributed by atoms with E-state index in [-0.39, 0.29) is 12.5 Å². The third-order valence-corrected chi connectivity index (χ3v) is 4.60. The molecule has 26 heavy (non-hydrogen) atoms. The lowest BCUT2D eigenvalue weighted by Gasteiger charge is -2.36. The van der Waals surface area contributed by atoms with E-state index in [9.17, 15) is 4.79 Å². The van der Waals surface area contributed by atoms with Crippen molar-refractivity contribution in [2.75, 3.05) is 27.3 Å². The Morgan fingerprint density at radius 2 is 1.92 bits per heavy atom. The van der Waals surface area contributed by atoms with Gasteiger partial charge >= 0.3 is 0 Å². The molecule has 0 saturated carbocycles. The quantitative estimate of drug-likeness (QED) is 0.700. The normalized spacial score (nSPS) is 20.3. The zero-order chi connectivity index (χ0) is 19.1. The predicted molar refractivity (Wildman–Crippen MR) is 104 cm³/mol. The number of piperidine rings is 1. The molecule has 0 N–H and O–H groups in total. The monoisotopic (exact) mass is 361 g/mol. The largest absolute Gasteiger partial charge is 0.490 e. The summed E-state index contributed by atoms with van der Waals surface area (Å²) in [4.78, 5) is 13.2. The van der Waals surface area contributed by atoms with Crippen LogP contribution in [-0.2, 0) is 4.79 Å². The summed E-state index contributed by atoms with van der Waals surface area (Å²) < 4.78 is 11.3. The van der Waals surface area contributed by atoms with E-state index in [4.69, 9.17) is 14.6 Å². The molecular formula is C20H31N3O3. The molecule has 1 aliphatic heterocycles. The fourth-order valence-electron chi connectivity index (χ4n) is 3.03. The molecule has 0 radical (unpaired) electrons. The zero-order valence-corrected chi connectivity index (χ0v) is 16.6. The molecule has 1 aromatic carbocycles. The highest BCUT2D eigenvalue weighted by atomic mass is 16.5. The maximum atomic E-state index is 11.7. The van der Waals surface area contributed by atoms with E-state index in [1.165, 1.54) is 24.2 Å². The van der Waals surface area contributed by atoms with Crippen LogP contribution in [0.5, 0.6) is 11.5 Å². The highest BCUT2D eigenvalue weighted by Gasteiger charge is 2.22. The van der Waals surface area contributed by atoms with Crippen LogP contribution in [0.2, 0.25) is 0 Å². The third-order valence-electron chi connectivity index (χ3n) is 4.60. The molecule has 1 aromatic rings. The van der Waals surface area contributed by atoms with Gasteiger partial charge in [0, 0.05) is 26.2 Å². The topological polar surface area (TPSA) is 54.4 Å². The molecule has 2 rings (SSSR count). The highest BCUT2D eigenvalue weighted by molar-refractivity contribution is 5.81. The van der Waals surface area contributed by atoms with Gasteiger partial charge in [-0.05, 0) is 63.8 Å². The van der Waals surface area contributed by atoms with Gasteiger partial charge in [-0.15, -0.1) is 0 Å². The summed E-state index contributed by atoms with van der Waals surface area (Å²) in [6, 6.07) is 6.59. The van der Waals surface area contributed by atoms with Crippen molar-refractivity contribution in [3.05, 3.63) is 23.8 Å². The van der Waals surface area contributed by atoms with Crippen LogP contribution in [0.3, 0.4) is 0 Å². The maximum absolute atomic E-state index is 11.7. The van der Waals surface area contributed by atoms with Gasteiger partial charge in [-0.3, -0.25) is 9.80 Å². The standard InChI is InChI=1S/C20H31N3O3/c1-6-25-19-12-17(10-11-18(19)26-14-20(24)22(4)5)13-21-23-15(2)8-7-9-16(23)3/h10-13,15-16H,6-9,14H2,1-5H3/b21-13-/t15-,16-/m1/s1. The fraction of sp³-hybridized carbons (Fsp3) is 0.600. The Kier molecular flexibility index (Phi) is 7.30. The van der Waals surface area contributed by atoms with E-state index in [1.54, 1.807) is 14.1 Å². The Hall–Kier alpha value is -2.24. The SMILES string of the molecule is CCOc1cc(/C=N\N2[C@H](C)CCC[C@H]2C)ccc1OCC(=O)N(C)C. The first-order valence-electron chi connectivity index (χ1n) is 9.34. The van der Waals surface area contributed by atoms with E-state index in [0.717, 1.165) is 5.56 Å². The van der Waals surface area contributed by atoms with Crippen LogP contribution in [0.4, 0.5) is 0 Å². The zero-order valence-electron chi connectivity index (χ0n) is 16.6. The fourth-order valence-corrected chi connectivity index (χ4v) is 3.03. The summed E-state index contributed by atoms with van der Waals surface area (Å²) in [7, 11) is 3.41. The molecule has 0 bridgehead atoms. The average Bonchev–Trinajstić information content (AvgIpc) is 2.60. The van der Waals surface area contributed by atoms with Crippen molar-refractivity contribution in [3.8, 4) is 11.5 Å². The van der Waals surface area contributed by atoms with Crippen LogP contribution in [0.15, 0.2) is 23.3 Å². The average molecular weight is 361 g/mol. The van der Waals surface area contributed by atoms with Gasteiger partial charge in [0.2, 0.25) is 0 Å². The first-order valence-corrected chi connectivity index (χ1v) is 9.34. The van der Waals surface area contributed by atoms with Gasteiger partial charge in [-0.1, -0.05) is 0 Å². The molecule has 1 aliphatic rings. The summed E-state index contributed by atoms with van der Waals surface area (Å²) in [5.41, 5.74) is 0.949. The van der Waals surface area contributed by atoms with Crippen molar-refractivity contribution in [2.24, 2.45) is 5.10 Å². The van der Waals surface area contributed by atoms with Crippen LogP contribution in [0, 0.1) is 0 Å². The van der Waals surface area contributed by atoms with E-state index in [2.05, 4.69) is 18.9 Å². The second-order valence-electron chi connectivity index (χ2n) is 6.97. The molecule has 1 heterocycles. The van der Waals surface area contributed by atoms with Gasteiger partial charge in [0.1, 0.15) is 0 Å². The number of nitrogens with zero attached hydrogens (tertiary/aromatic N) is 3. The minimum Gasteiger partial charge on any atom is -0.490 e. The number of benzene rings is 1. The lowest BCUT2D eigenvalue weighted by atomic mass is 10.00. The van der Waals surface area contributed by atoms with Crippen molar-refractivity contribution < 1.29 is 14.3 Å². The number of amides is 1. The van der Waals surface area contributed by atoms with E-state index in [0.29, 0.717) is 30.2 Å². The Labute approximate surface area is 156 Å². The predicted octanol–water partition coefficient (Wildman–Crippen LogP) is 3.15. The van der Waals surface area contributed by atoms with E-state index in [1.807, 2.05) is 31.3 Å². The number of rotatable bonds is 7. The molecule has 0 spiro atoms. The molecule has 0 aliphatic carbocycles. The minimum absolute atomic E-state index is 0.0106. The second-order valence-corrected chi connectivity index (χ2v) is 6.97. The van der Waals surface area contributed by atoms with E-state index >= 15 is 0 Å². The molecule has 0 unspecified atom stereocenters. The van der Waals surface area contributed by atoms with Crippen LogP contribution in [0.25, 0.3) is 0 Å². The summed E-state index contributed by atoms with van der Waals surface area (Å²) in [6.07, 6.45) is 5.49. The van der Waals surface area contributed by atoms with Crippen molar-refractivity contribution in [1.29, 1.82) is 0 Å². The molecule has 0 aromatic heterocycles. The number of ether oxygens (including phenoxy) is 2. The van der Waals surface area contributed by atoms with E-state index < -0.39 is 0 Å². The highest BCUT2D eigenvalue weighted by Crippen LogP contribution is 2.28. The molecule has 1 saturated heterocycles. The van der Waals surface area contributed by atoms with Crippen molar-refractivity contribution in [3.63, 3.8) is 0 Å².